The van der Waals surface area contributed by atoms with Gasteiger partial charge in [-0.1, -0.05) is 37.3 Å². The first kappa shape index (κ1) is 12.7. The second-order valence-electron chi connectivity index (χ2n) is 3.38. The van der Waals surface area contributed by atoms with Gasteiger partial charge in [-0.15, -0.1) is 0 Å². The highest BCUT2D eigenvalue weighted by molar-refractivity contribution is 7.90. The molecule has 1 rings (SSSR count). The number of nitrogens with zero attached hydrogens (tertiary/aromatic N) is 1. The predicted molar refractivity (Wildman–Crippen MR) is 61.9 cm³/mol. The average molecular weight is 238 g/mol. The zero-order valence-corrected chi connectivity index (χ0v) is 9.87. The molecule has 0 radical (unpaired) electrons. The molecular weight excluding hydrogens is 224 g/mol. The molecule has 1 atom stereocenters. The summed E-state index contributed by atoms with van der Waals surface area (Å²) in [6, 6.07) is 11.0. The molecule has 0 bridgehead atoms. The van der Waals surface area contributed by atoms with Gasteiger partial charge in [0.05, 0.1) is 6.07 Å². The van der Waals surface area contributed by atoms with E-state index < -0.39 is 15.3 Å². The minimum Gasteiger partial charge on any atom is -0.211 e. The van der Waals surface area contributed by atoms with Gasteiger partial charge in [0.2, 0.25) is 10.0 Å². The molecule has 1 unspecified atom stereocenters. The molecule has 0 aromatic heterocycles. The molecule has 1 aromatic carbocycles. The van der Waals surface area contributed by atoms with E-state index >= 15 is 0 Å². The van der Waals surface area contributed by atoms with Gasteiger partial charge < -0.3 is 0 Å². The van der Waals surface area contributed by atoms with Crippen LogP contribution in [0, 0.1) is 11.3 Å². The lowest BCUT2D eigenvalue weighted by atomic mass is 10.2. The average Bonchev–Trinajstić information content (AvgIpc) is 2.29. The van der Waals surface area contributed by atoms with Crippen LogP contribution in [-0.4, -0.2) is 13.7 Å². The summed E-state index contributed by atoms with van der Waals surface area (Å²) < 4.78 is 25.7. The van der Waals surface area contributed by atoms with E-state index in [1.165, 1.54) is 0 Å². The first-order valence-electron chi connectivity index (χ1n) is 5.02. The lowest BCUT2D eigenvalue weighted by Crippen LogP contribution is -2.32. The summed E-state index contributed by atoms with van der Waals surface area (Å²) in [6.07, 6.45) is 0.292. The number of nitriles is 1. The van der Waals surface area contributed by atoms with Crippen LogP contribution in [0.3, 0.4) is 0 Å². The molecule has 0 aliphatic heterocycles. The zero-order chi connectivity index (χ0) is 12.0. The number of sulfonamides is 1. The second kappa shape index (κ2) is 5.64. The Hall–Kier alpha value is -1.38. The van der Waals surface area contributed by atoms with Crippen LogP contribution in [0.1, 0.15) is 18.9 Å². The second-order valence-corrected chi connectivity index (χ2v) is 5.33. The predicted octanol–water partition coefficient (Wildman–Crippen LogP) is 1.41. The Morgan fingerprint density at radius 1 is 1.38 bits per heavy atom. The van der Waals surface area contributed by atoms with E-state index in [2.05, 4.69) is 4.72 Å². The van der Waals surface area contributed by atoms with Gasteiger partial charge in [-0.05, 0) is 12.0 Å². The summed E-state index contributed by atoms with van der Waals surface area (Å²) in [5, 5.41) is 7.71. The third kappa shape index (κ3) is 3.33. The number of nitrogens with one attached hydrogen (secondary N) is 1. The smallest absolute Gasteiger partial charge is 0.211 e. The van der Waals surface area contributed by atoms with Gasteiger partial charge in [0.25, 0.3) is 0 Å². The summed E-state index contributed by atoms with van der Waals surface area (Å²) in [5.41, 5.74) is 0.874. The van der Waals surface area contributed by atoms with Crippen molar-refractivity contribution in [2.45, 2.75) is 25.1 Å². The maximum atomic E-state index is 11.6. The summed E-state index contributed by atoms with van der Waals surface area (Å²) in [4.78, 5) is 0. The van der Waals surface area contributed by atoms with E-state index in [-0.39, 0.29) is 6.54 Å². The lowest BCUT2D eigenvalue weighted by Gasteiger charge is -2.09. The molecular formula is C11H14N2O2S. The van der Waals surface area contributed by atoms with E-state index in [0.29, 0.717) is 6.42 Å². The number of benzene rings is 1. The van der Waals surface area contributed by atoms with Crippen LogP contribution in [0.4, 0.5) is 0 Å². The maximum Gasteiger partial charge on any atom is 0.228 e. The minimum atomic E-state index is -3.53. The fraction of sp³-hybridized carbons (Fsp3) is 0.364. The fourth-order valence-corrected chi connectivity index (χ4v) is 2.41. The van der Waals surface area contributed by atoms with Crippen molar-refractivity contribution in [1.29, 1.82) is 5.26 Å². The summed E-state index contributed by atoms with van der Waals surface area (Å²) in [6.45, 7) is 1.90. The highest BCUT2D eigenvalue weighted by Gasteiger charge is 2.22. The van der Waals surface area contributed by atoms with Crippen LogP contribution < -0.4 is 4.72 Å². The van der Waals surface area contributed by atoms with Crippen molar-refractivity contribution in [3.63, 3.8) is 0 Å². The standard InChI is InChI=1S/C11H14N2O2S/c1-2-11(8-12)16(14,15)13-9-10-6-4-3-5-7-10/h3-7,11,13H,2,9H2,1H3. The van der Waals surface area contributed by atoms with Crippen molar-refractivity contribution in [3.05, 3.63) is 35.9 Å². The largest absolute Gasteiger partial charge is 0.228 e. The van der Waals surface area contributed by atoms with Crippen LogP contribution in [0.5, 0.6) is 0 Å². The van der Waals surface area contributed by atoms with E-state index in [1.54, 1.807) is 13.0 Å². The molecule has 0 spiro atoms. The highest BCUT2D eigenvalue weighted by Crippen LogP contribution is 2.05. The fourth-order valence-electron chi connectivity index (χ4n) is 1.26. The molecule has 0 saturated carbocycles. The molecule has 0 heterocycles. The third-order valence-corrected chi connectivity index (χ3v) is 3.94. The Bertz CT molecular complexity index is 463. The molecule has 86 valence electrons. The van der Waals surface area contributed by atoms with E-state index in [1.807, 2.05) is 30.3 Å². The van der Waals surface area contributed by atoms with Gasteiger partial charge in [0.1, 0.15) is 0 Å². The van der Waals surface area contributed by atoms with Crippen LogP contribution in [0.25, 0.3) is 0 Å². The van der Waals surface area contributed by atoms with E-state index in [4.69, 9.17) is 5.26 Å². The lowest BCUT2D eigenvalue weighted by molar-refractivity contribution is 0.572. The van der Waals surface area contributed by atoms with Crippen molar-refractivity contribution < 1.29 is 8.42 Å². The quantitative estimate of drug-likeness (QED) is 0.843. The maximum absolute atomic E-state index is 11.6. The normalized spacial score (nSPS) is 13.0. The zero-order valence-electron chi connectivity index (χ0n) is 9.05. The third-order valence-electron chi connectivity index (χ3n) is 2.21. The van der Waals surface area contributed by atoms with Crippen molar-refractivity contribution in [1.82, 2.24) is 4.72 Å². The van der Waals surface area contributed by atoms with Crippen molar-refractivity contribution >= 4 is 10.0 Å². The molecule has 16 heavy (non-hydrogen) atoms. The highest BCUT2D eigenvalue weighted by atomic mass is 32.2. The van der Waals surface area contributed by atoms with Crippen LogP contribution in [-0.2, 0) is 16.6 Å². The Kier molecular flexibility index (Phi) is 4.47. The first-order chi connectivity index (χ1) is 7.60. The molecule has 4 nitrogen and oxygen atoms in total. The monoisotopic (exact) mass is 238 g/mol. The molecule has 0 aliphatic carbocycles. The number of hydrogen-bond donors (Lipinski definition) is 1. The molecule has 0 fully saturated rings. The van der Waals surface area contributed by atoms with Gasteiger partial charge in [0.15, 0.2) is 5.25 Å². The SMILES string of the molecule is CCC(C#N)S(=O)(=O)NCc1ccccc1. The number of rotatable bonds is 5. The van der Waals surface area contributed by atoms with Gasteiger partial charge in [-0.25, -0.2) is 13.1 Å². The molecule has 1 aromatic rings. The van der Waals surface area contributed by atoms with Crippen molar-refractivity contribution in [3.8, 4) is 6.07 Å². The molecule has 0 aliphatic rings. The van der Waals surface area contributed by atoms with E-state index in [9.17, 15) is 8.42 Å². The van der Waals surface area contributed by atoms with Gasteiger partial charge >= 0.3 is 0 Å². The Balaban J connectivity index is 2.66. The van der Waals surface area contributed by atoms with Gasteiger partial charge in [0, 0.05) is 6.54 Å². The minimum absolute atomic E-state index is 0.224. The molecule has 0 amide bonds. The summed E-state index contributed by atoms with van der Waals surface area (Å²) in [5.74, 6) is 0. The van der Waals surface area contributed by atoms with Crippen molar-refractivity contribution in [2.24, 2.45) is 0 Å². The Morgan fingerprint density at radius 2 is 2.00 bits per heavy atom. The Morgan fingerprint density at radius 3 is 2.50 bits per heavy atom. The number of hydrogen-bond acceptors (Lipinski definition) is 3. The van der Waals surface area contributed by atoms with Gasteiger partial charge in [-0.3, -0.25) is 0 Å². The molecule has 5 heteroatoms. The summed E-state index contributed by atoms with van der Waals surface area (Å²) >= 11 is 0. The van der Waals surface area contributed by atoms with Crippen LogP contribution in [0.15, 0.2) is 30.3 Å². The molecule has 0 saturated heterocycles. The van der Waals surface area contributed by atoms with E-state index in [0.717, 1.165) is 5.56 Å². The first-order valence-corrected chi connectivity index (χ1v) is 6.56. The summed E-state index contributed by atoms with van der Waals surface area (Å²) in [7, 11) is -3.53. The Labute approximate surface area is 96.0 Å². The van der Waals surface area contributed by atoms with Crippen LogP contribution >= 0.6 is 0 Å². The van der Waals surface area contributed by atoms with Crippen LogP contribution in [0.2, 0.25) is 0 Å². The topological polar surface area (TPSA) is 70.0 Å². The van der Waals surface area contributed by atoms with Gasteiger partial charge in [-0.2, -0.15) is 5.26 Å². The molecule has 1 N–H and O–H groups in total. The van der Waals surface area contributed by atoms with Crippen molar-refractivity contribution in [2.75, 3.05) is 0 Å².